The van der Waals surface area contributed by atoms with Crippen molar-refractivity contribution < 1.29 is 28.3 Å². The van der Waals surface area contributed by atoms with Crippen molar-refractivity contribution in [3.05, 3.63) is 63.7 Å². The van der Waals surface area contributed by atoms with Gasteiger partial charge >= 0.3 is 6.61 Å². The Hall–Kier alpha value is -3.23. The Balaban J connectivity index is 2.14. The molecule has 1 amide bonds. The van der Waals surface area contributed by atoms with Gasteiger partial charge in [0.1, 0.15) is 11.5 Å². The standard InChI is InChI=1S/C15H12F2N2O5/c16-15(17)24-13-4-2-1-3-11(13)14(21)18-8-9-7-10(19(22)23)5-6-12(9)20/h1-7,15,20H,8H2,(H,18,21). The van der Waals surface area contributed by atoms with Crippen molar-refractivity contribution in [2.24, 2.45) is 0 Å². The summed E-state index contributed by atoms with van der Waals surface area (Å²) < 4.78 is 28.9. The molecular formula is C15H12F2N2O5. The Kier molecular flexibility index (Phi) is 5.25. The van der Waals surface area contributed by atoms with Crippen LogP contribution in [0.25, 0.3) is 0 Å². The SMILES string of the molecule is O=C(NCc1cc([N+](=O)[O-])ccc1O)c1ccccc1OC(F)F. The van der Waals surface area contributed by atoms with Crippen LogP contribution < -0.4 is 10.1 Å². The van der Waals surface area contributed by atoms with Crippen LogP contribution in [0.3, 0.4) is 0 Å². The normalized spacial score (nSPS) is 10.5. The molecule has 0 saturated carbocycles. The maximum atomic E-state index is 12.3. The fraction of sp³-hybridized carbons (Fsp3) is 0.133. The molecule has 0 unspecified atom stereocenters. The van der Waals surface area contributed by atoms with Gasteiger partial charge in [0, 0.05) is 24.2 Å². The molecule has 0 atom stereocenters. The number of nitrogens with one attached hydrogen (secondary N) is 1. The molecule has 2 aromatic rings. The quantitative estimate of drug-likeness (QED) is 0.623. The van der Waals surface area contributed by atoms with Crippen LogP contribution >= 0.6 is 0 Å². The number of carbonyl (C=O) groups is 1. The number of alkyl halides is 2. The summed E-state index contributed by atoms with van der Waals surface area (Å²) >= 11 is 0. The minimum atomic E-state index is -3.08. The number of aromatic hydroxyl groups is 1. The summed E-state index contributed by atoms with van der Waals surface area (Å²) in [6, 6.07) is 8.77. The summed E-state index contributed by atoms with van der Waals surface area (Å²) in [5.41, 5.74) is -0.258. The van der Waals surface area contributed by atoms with Crippen LogP contribution in [-0.2, 0) is 6.54 Å². The maximum Gasteiger partial charge on any atom is 0.387 e. The predicted octanol–water partition coefficient (Wildman–Crippen LogP) is 2.83. The number of amides is 1. The summed E-state index contributed by atoms with van der Waals surface area (Å²) in [7, 11) is 0. The lowest BCUT2D eigenvalue weighted by atomic mass is 10.1. The number of phenols is 1. The molecule has 0 radical (unpaired) electrons. The first-order valence-electron chi connectivity index (χ1n) is 6.67. The van der Waals surface area contributed by atoms with Gasteiger partial charge in [0.25, 0.3) is 11.6 Å². The smallest absolute Gasteiger partial charge is 0.387 e. The van der Waals surface area contributed by atoms with E-state index in [1.54, 1.807) is 0 Å². The van der Waals surface area contributed by atoms with Crippen molar-refractivity contribution in [2.45, 2.75) is 13.2 Å². The first kappa shape index (κ1) is 17.1. The Morgan fingerprint density at radius 1 is 1.29 bits per heavy atom. The fourth-order valence-corrected chi connectivity index (χ4v) is 1.95. The van der Waals surface area contributed by atoms with E-state index in [-0.39, 0.29) is 34.9 Å². The lowest BCUT2D eigenvalue weighted by Gasteiger charge is -2.11. The van der Waals surface area contributed by atoms with Gasteiger partial charge in [-0.15, -0.1) is 0 Å². The molecule has 2 rings (SSSR count). The molecule has 0 aliphatic heterocycles. The topological polar surface area (TPSA) is 102 Å². The molecule has 0 aliphatic rings. The van der Waals surface area contributed by atoms with Gasteiger partial charge in [-0.2, -0.15) is 8.78 Å². The zero-order valence-corrected chi connectivity index (χ0v) is 12.1. The zero-order chi connectivity index (χ0) is 17.7. The minimum absolute atomic E-state index is 0.116. The number of hydrogen-bond acceptors (Lipinski definition) is 5. The Bertz CT molecular complexity index is 767. The number of non-ortho nitro benzene ring substituents is 1. The number of ether oxygens (including phenoxy) is 1. The number of hydrogen-bond donors (Lipinski definition) is 2. The molecule has 2 aromatic carbocycles. The predicted molar refractivity (Wildman–Crippen MR) is 79.0 cm³/mol. The van der Waals surface area contributed by atoms with Crippen molar-refractivity contribution in [1.29, 1.82) is 0 Å². The van der Waals surface area contributed by atoms with Gasteiger partial charge in [0.2, 0.25) is 0 Å². The van der Waals surface area contributed by atoms with Gasteiger partial charge < -0.3 is 15.2 Å². The molecule has 7 nitrogen and oxygen atoms in total. The lowest BCUT2D eigenvalue weighted by Crippen LogP contribution is -2.24. The van der Waals surface area contributed by atoms with Gasteiger partial charge in [0.15, 0.2) is 0 Å². The average molecular weight is 338 g/mol. The summed E-state index contributed by atoms with van der Waals surface area (Å²) in [4.78, 5) is 22.2. The Morgan fingerprint density at radius 3 is 2.67 bits per heavy atom. The monoisotopic (exact) mass is 338 g/mol. The molecule has 0 fully saturated rings. The third kappa shape index (κ3) is 4.15. The Labute approximate surface area is 134 Å². The van der Waals surface area contributed by atoms with E-state index in [4.69, 9.17) is 0 Å². The van der Waals surface area contributed by atoms with Crippen LogP contribution in [0.15, 0.2) is 42.5 Å². The largest absolute Gasteiger partial charge is 0.508 e. The highest BCUT2D eigenvalue weighted by Gasteiger charge is 2.16. The second-order valence-electron chi connectivity index (χ2n) is 4.63. The second-order valence-corrected chi connectivity index (χ2v) is 4.63. The second kappa shape index (κ2) is 7.36. The van der Waals surface area contributed by atoms with Crippen LogP contribution in [-0.4, -0.2) is 22.5 Å². The molecule has 0 aliphatic carbocycles. The van der Waals surface area contributed by atoms with Gasteiger partial charge in [-0.05, 0) is 18.2 Å². The first-order chi connectivity index (χ1) is 11.4. The number of para-hydroxylation sites is 1. The van der Waals surface area contributed by atoms with E-state index >= 15 is 0 Å². The highest BCUT2D eigenvalue weighted by Crippen LogP contribution is 2.24. The molecule has 0 spiro atoms. The van der Waals surface area contributed by atoms with Gasteiger partial charge in [-0.3, -0.25) is 14.9 Å². The number of rotatable bonds is 6. The lowest BCUT2D eigenvalue weighted by molar-refractivity contribution is -0.384. The number of halogens is 2. The van der Waals surface area contributed by atoms with Gasteiger partial charge in [-0.25, -0.2) is 0 Å². The van der Waals surface area contributed by atoms with E-state index in [2.05, 4.69) is 10.1 Å². The van der Waals surface area contributed by atoms with Crippen LogP contribution in [0, 0.1) is 10.1 Å². The third-order valence-electron chi connectivity index (χ3n) is 3.06. The zero-order valence-electron chi connectivity index (χ0n) is 12.1. The summed E-state index contributed by atoms with van der Waals surface area (Å²) in [5.74, 6) is -1.26. The number of carbonyl (C=O) groups excluding carboxylic acids is 1. The molecule has 0 heterocycles. The van der Waals surface area contributed by atoms with Crippen LogP contribution in [0.1, 0.15) is 15.9 Å². The molecule has 0 saturated heterocycles. The highest BCUT2D eigenvalue weighted by atomic mass is 19.3. The van der Waals surface area contributed by atoms with Gasteiger partial charge in [0.05, 0.1) is 10.5 Å². The van der Waals surface area contributed by atoms with Crippen LogP contribution in [0.5, 0.6) is 11.5 Å². The first-order valence-corrected chi connectivity index (χ1v) is 6.67. The van der Waals surface area contributed by atoms with Crippen LogP contribution in [0.2, 0.25) is 0 Å². The molecule has 126 valence electrons. The van der Waals surface area contributed by atoms with Crippen LogP contribution in [0.4, 0.5) is 14.5 Å². The van der Waals surface area contributed by atoms with Crippen molar-refractivity contribution in [3.8, 4) is 11.5 Å². The van der Waals surface area contributed by atoms with Crippen molar-refractivity contribution in [1.82, 2.24) is 5.32 Å². The van der Waals surface area contributed by atoms with E-state index in [1.165, 1.54) is 24.3 Å². The maximum absolute atomic E-state index is 12.3. The van der Waals surface area contributed by atoms with Gasteiger partial charge in [-0.1, -0.05) is 12.1 Å². The highest BCUT2D eigenvalue weighted by molar-refractivity contribution is 5.96. The molecule has 0 bridgehead atoms. The molecular weight excluding hydrogens is 326 g/mol. The van der Waals surface area contributed by atoms with E-state index in [9.17, 15) is 28.8 Å². The number of phenolic OH excluding ortho intramolecular Hbond substituents is 1. The average Bonchev–Trinajstić information content (AvgIpc) is 2.53. The number of nitro benzene ring substituents is 1. The van der Waals surface area contributed by atoms with E-state index < -0.39 is 17.4 Å². The molecule has 0 aromatic heterocycles. The summed E-state index contributed by atoms with van der Waals surface area (Å²) in [5, 5.41) is 22.8. The molecule has 2 N–H and O–H groups in total. The van der Waals surface area contributed by atoms with E-state index in [1.807, 2.05) is 0 Å². The number of benzene rings is 2. The van der Waals surface area contributed by atoms with Crippen molar-refractivity contribution >= 4 is 11.6 Å². The number of nitrogens with zero attached hydrogens (tertiary/aromatic N) is 1. The Morgan fingerprint density at radius 2 is 2.00 bits per heavy atom. The summed E-state index contributed by atoms with van der Waals surface area (Å²) in [6.45, 7) is -3.31. The van der Waals surface area contributed by atoms with Crippen molar-refractivity contribution in [3.63, 3.8) is 0 Å². The molecule has 9 heteroatoms. The minimum Gasteiger partial charge on any atom is -0.508 e. The third-order valence-corrected chi connectivity index (χ3v) is 3.06. The van der Waals surface area contributed by atoms with E-state index in [0.717, 1.165) is 18.2 Å². The van der Waals surface area contributed by atoms with Crippen molar-refractivity contribution in [2.75, 3.05) is 0 Å². The summed E-state index contributed by atoms with van der Waals surface area (Å²) in [6.07, 6.45) is 0. The molecule has 24 heavy (non-hydrogen) atoms. The number of nitro groups is 1. The van der Waals surface area contributed by atoms with E-state index in [0.29, 0.717) is 0 Å². The fourth-order valence-electron chi connectivity index (χ4n) is 1.95.